The zero-order valence-electron chi connectivity index (χ0n) is 9.28. The Labute approximate surface area is 92.2 Å². The summed E-state index contributed by atoms with van der Waals surface area (Å²) in [5, 5.41) is 0. The van der Waals surface area contributed by atoms with Crippen molar-refractivity contribution in [1.29, 1.82) is 0 Å². The van der Waals surface area contributed by atoms with E-state index in [2.05, 4.69) is 11.6 Å². The maximum absolute atomic E-state index is 12.0. The summed E-state index contributed by atoms with van der Waals surface area (Å²) in [5.41, 5.74) is 0. The Balaban J connectivity index is 2.04. The molecule has 15 heavy (non-hydrogen) atoms. The van der Waals surface area contributed by atoms with Gasteiger partial charge < -0.3 is 0 Å². The highest BCUT2D eigenvalue weighted by atomic mass is 32.2. The van der Waals surface area contributed by atoms with E-state index in [1.807, 2.05) is 0 Å². The van der Waals surface area contributed by atoms with Crippen LogP contribution in [0.4, 0.5) is 0 Å². The molecule has 1 saturated heterocycles. The molecule has 4 nitrogen and oxygen atoms in total. The van der Waals surface area contributed by atoms with E-state index in [9.17, 15) is 8.42 Å². The van der Waals surface area contributed by atoms with Gasteiger partial charge in [0.05, 0.1) is 0 Å². The molecule has 1 saturated carbocycles. The Morgan fingerprint density at radius 1 is 1.27 bits per heavy atom. The summed E-state index contributed by atoms with van der Waals surface area (Å²) in [5.74, 6) is 0. The van der Waals surface area contributed by atoms with Gasteiger partial charge in [-0.15, -0.1) is 0 Å². The summed E-state index contributed by atoms with van der Waals surface area (Å²) in [6.07, 6.45) is 6.11. The first kappa shape index (κ1) is 11.4. The van der Waals surface area contributed by atoms with Crippen LogP contribution in [-0.2, 0) is 10.2 Å². The molecule has 0 bridgehead atoms. The Hall–Kier alpha value is -0.130. The lowest BCUT2D eigenvalue weighted by Gasteiger charge is -2.34. The molecule has 1 heterocycles. The third kappa shape index (κ3) is 2.71. The fourth-order valence-corrected chi connectivity index (χ4v) is 3.99. The fraction of sp³-hybridized carbons (Fsp3) is 1.00. The molecule has 0 aromatic heterocycles. The highest BCUT2D eigenvalue weighted by Crippen LogP contribution is 2.25. The normalized spacial score (nSPS) is 29.3. The summed E-state index contributed by atoms with van der Waals surface area (Å²) in [7, 11) is -3.20. The van der Waals surface area contributed by atoms with Crippen LogP contribution in [0.15, 0.2) is 0 Å². The van der Waals surface area contributed by atoms with Crippen molar-refractivity contribution < 1.29 is 8.42 Å². The van der Waals surface area contributed by atoms with E-state index in [-0.39, 0.29) is 12.1 Å². The van der Waals surface area contributed by atoms with Crippen molar-refractivity contribution in [2.45, 2.75) is 57.5 Å². The van der Waals surface area contributed by atoms with Crippen molar-refractivity contribution in [1.82, 2.24) is 9.03 Å². The minimum Gasteiger partial charge on any atom is -0.199 e. The third-order valence-electron chi connectivity index (χ3n) is 3.25. The van der Waals surface area contributed by atoms with Gasteiger partial charge >= 0.3 is 0 Å². The Bertz CT molecular complexity index is 311. The summed E-state index contributed by atoms with van der Waals surface area (Å²) in [4.78, 5) is 0. The van der Waals surface area contributed by atoms with Crippen molar-refractivity contribution >= 4 is 10.2 Å². The van der Waals surface area contributed by atoms with Crippen LogP contribution in [0.2, 0.25) is 0 Å². The molecule has 0 aromatic carbocycles. The van der Waals surface area contributed by atoms with Crippen LogP contribution in [0, 0.1) is 0 Å². The molecule has 1 aliphatic heterocycles. The molecular formula is C10H20N2O2S. The number of nitrogens with zero attached hydrogens (tertiary/aromatic N) is 1. The van der Waals surface area contributed by atoms with E-state index >= 15 is 0 Å². The van der Waals surface area contributed by atoms with Gasteiger partial charge in [0.25, 0.3) is 10.2 Å². The Morgan fingerprint density at radius 3 is 2.60 bits per heavy atom. The molecule has 2 fully saturated rings. The average Bonchev–Trinajstić information content (AvgIpc) is 3.01. The smallest absolute Gasteiger partial charge is 0.199 e. The molecule has 1 atom stereocenters. The number of rotatable bonds is 4. The molecule has 0 spiro atoms. The summed E-state index contributed by atoms with van der Waals surface area (Å²) in [6, 6.07) is 0.435. The Morgan fingerprint density at radius 2 is 2.00 bits per heavy atom. The van der Waals surface area contributed by atoms with E-state index in [1.54, 1.807) is 4.31 Å². The number of hydrogen-bond acceptors (Lipinski definition) is 2. The molecule has 1 unspecified atom stereocenters. The first-order chi connectivity index (χ1) is 7.13. The molecule has 0 amide bonds. The third-order valence-corrected chi connectivity index (χ3v) is 4.98. The highest BCUT2D eigenvalue weighted by molar-refractivity contribution is 7.87. The van der Waals surface area contributed by atoms with Crippen LogP contribution >= 0.6 is 0 Å². The van der Waals surface area contributed by atoms with Crippen molar-refractivity contribution in [2.75, 3.05) is 6.54 Å². The van der Waals surface area contributed by atoms with Crippen LogP contribution in [0.5, 0.6) is 0 Å². The van der Waals surface area contributed by atoms with Crippen LogP contribution in [-0.4, -0.2) is 31.4 Å². The van der Waals surface area contributed by atoms with Gasteiger partial charge in [-0.25, -0.2) is 0 Å². The first-order valence-corrected chi connectivity index (χ1v) is 7.36. The minimum atomic E-state index is -3.20. The maximum atomic E-state index is 12.0. The summed E-state index contributed by atoms with van der Waals surface area (Å²) < 4.78 is 28.5. The highest BCUT2D eigenvalue weighted by Gasteiger charge is 2.35. The monoisotopic (exact) mass is 232 g/mol. The van der Waals surface area contributed by atoms with Crippen molar-refractivity contribution in [2.24, 2.45) is 0 Å². The van der Waals surface area contributed by atoms with Crippen molar-refractivity contribution in [3.63, 3.8) is 0 Å². The molecule has 0 aromatic rings. The van der Waals surface area contributed by atoms with Crippen molar-refractivity contribution in [3.05, 3.63) is 0 Å². The predicted octanol–water partition coefficient (Wildman–Crippen LogP) is 1.25. The van der Waals surface area contributed by atoms with Crippen LogP contribution in [0.1, 0.15) is 45.4 Å². The van der Waals surface area contributed by atoms with Crippen LogP contribution in [0.3, 0.4) is 0 Å². The predicted molar refractivity (Wildman–Crippen MR) is 59.7 cm³/mol. The number of hydrogen-bond donors (Lipinski definition) is 1. The molecule has 2 rings (SSSR count). The van der Waals surface area contributed by atoms with E-state index < -0.39 is 10.2 Å². The van der Waals surface area contributed by atoms with Crippen LogP contribution in [0.25, 0.3) is 0 Å². The van der Waals surface area contributed by atoms with Gasteiger partial charge in [0.2, 0.25) is 0 Å². The quantitative estimate of drug-likeness (QED) is 0.793. The maximum Gasteiger partial charge on any atom is 0.279 e. The molecule has 2 aliphatic rings. The second-order valence-electron chi connectivity index (χ2n) is 4.57. The molecule has 5 heteroatoms. The number of piperidine rings is 1. The van der Waals surface area contributed by atoms with E-state index in [0.717, 1.165) is 38.5 Å². The second-order valence-corrected chi connectivity index (χ2v) is 6.22. The lowest BCUT2D eigenvalue weighted by atomic mass is 10.0. The van der Waals surface area contributed by atoms with E-state index in [4.69, 9.17) is 0 Å². The summed E-state index contributed by atoms with van der Waals surface area (Å²) >= 11 is 0. The van der Waals surface area contributed by atoms with Gasteiger partial charge in [-0.2, -0.15) is 17.4 Å². The first-order valence-electron chi connectivity index (χ1n) is 5.92. The molecule has 1 aliphatic carbocycles. The average molecular weight is 232 g/mol. The van der Waals surface area contributed by atoms with Crippen molar-refractivity contribution in [3.8, 4) is 0 Å². The summed E-state index contributed by atoms with van der Waals surface area (Å²) in [6.45, 7) is 2.76. The topological polar surface area (TPSA) is 49.4 Å². The zero-order valence-corrected chi connectivity index (χ0v) is 10.1. The number of nitrogens with one attached hydrogen (secondary N) is 1. The molecule has 88 valence electrons. The van der Waals surface area contributed by atoms with Crippen LogP contribution < -0.4 is 4.72 Å². The second kappa shape index (κ2) is 4.39. The van der Waals surface area contributed by atoms with Gasteiger partial charge in [0, 0.05) is 18.6 Å². The Kier molecular flexibility index (Phi) is 3.33. The zero-order chi connectivity index (χ0) is 10.9. The van der Waals surface area contributed by atoms with Gasteiger partial charge in [-0.3, -0.25) is 0 Å². The van der Waals surface area contributed by atoms with Gasteiger partial charge in [-0.1, -0.05) is 13.3 Å². The SMILES string of the molecule is CCC1CCCCN1S(=O)(=O)NC1CC1. The molecular weight excluding hydrogens is 212 g/mol. The standard InChI is InChI=1S/C10H20N2O2S/c1-2-10-5-3-4-8-12(10)15(13,14)11-9-6-7-9/h9-11H,2-8H2,1H3. The van der Waals surface area contributed by atoms with Gasteiger partial charge in [-0.05, 0) is 32.1 Å². The van der Waals surface area contributed by atoms with E-state index in [1.165, 1.54) is 0 Å². The lowest BCUT2D eigenvalue weighted by molar-refractivity contribution is 0.243. The largest absolute Gasteiger partial charge is 0.279 e. The van der Waals surface area contributed by atoms with Gasteiger partial charge in [0.1, 0.15) is 0 Å². The molecule has 0 radical (unpaired) electrons. The lowest BCUT2D eigenvalue weighted by Crippen LogP contribution is -2.49. The fourth-order valence-electron chi connectivity index (χ4n) is 2.18. The van der Waals surface area contributed by atoms with E-state index in [0.29, 0.717) is 6.54 Å². The van der Waals surface area contributed by atoms with Gasteiger partial charge in [0.15, 0.2) is 0 Å². The minimum absolute atomic E-state index is 0.217. The molecule has 1 N–H and O–H groups in total.